The van der Waals surface area contributed by atoms with E-state index in [0.29, 0.717) is 11.8 Å². The predicted molar refractivity (Wildman–Crippen MR) is 165 cm³/mol. The topological polar surface area (TPSA) is 85.8 Å². The van der Waals surface area contributed by atoms with Crippen LogP contribution in [-0.2, 0) is 9.59 Å². The van der Waals surface area contributed by atoms with E-state index in [2.05, 4.69) is 27.3 Å². The summed E-state index contributed by atoms with van der Waals surface area (Å²) in [6.45, 7) is 8.40. The number of amides is 3. The standard InChI is InChI=1S/C35H41N5O3/c1-23-9-7-10-24(2)32(23)35(43)40-21-27-19-39(20-28(27)22-40)16-14-30(25-11-5-4-6-12-25)37-34(42)29-17-31(41)38(3)33(29)26-13-8-15-36-18-26/h4-13,15,18,27-30,33H,14,16-17,19-22H2,1-3H3,(H,37,42)/t27?,28?,29-,30-,33+/m0/s1. The molecule has 0 saturated carbocycles. The molecule has 0 spiro atoms. The largest absolute Gasteiger partial charge is 0.349 e. The lowest BCUT2D eigenvalue weighted by molar-refractivity contribution is -0.128. The molecule has 3 aliphatic heterocycles. The Morgan fingerprint density at radius 2 is 1.63 bits per heavy atom. The number of hydrogen-bond donors (Lipinski definition) is 1. The van der Waals surface area contributed by atoms with Gasteiger partial charge in [-0.1, -0.05) is 54.6 Å². The minimum Gasteiger partial charge on any atom is -0.349 e. The zero-order valence-corrected chi connectivity index (χ0v) is 25.3. The van der Waals surface area contributed by atoms with Crippen molar-refractivity contribution in [2.24, 2.45) is 17.8 Å². The second-order valence-corrected chi connectivity index (χ2v) is 12.6. The summed E-state index contributed by atoms with van der Waals surface area (Å²) in [5.41, 5.74) is 4.87. The molecule has 3 amide bonds. The van der Waals surface area contributed by atoms with Crippen LogP contribution in [0.15, 0.2) is 73.1 Å². The molecule has 6 rings (SSSR count). The fourth-order valence-electron chi connectivity index (χ4n) is 7.46. The number of fused-ring (bicyclic) bond motifs is 1. The number of aromatic nitrogens is 1. The van der Waals surface area contributed by atoms with Gasteiger partial charge in [-0.25, -0.2) is 0 Å². The Balaban J connectivity index is 1.09. The third kappa shape index (κ3) is 5.93. The summed E-state index contributed by atoms with van der Waals surface area (Å²) in [5.74, 6) is 0.499. The second-order valence-electron chi connectivity index (χ2n) is 12.6. The average molecular weight is 580 g/mol. The van der Waals surface area contributed by atoms with Crippen molar-refractivity contribution in [2.45, 2.75) is 38.8 Å². The molecular weight excluding hydrogens is 538 g/mol. The molecule has 3 aromatic rings. The molecule has 3 fully saturated rings. The summed E-state index contributed by atoms with van der Waals surface area (Å²) < 4.78 is 0. The van der Waals surface area contributed by atoms with Gasteiger partial charge < -0.3 is 20.0 Å². The number of benzene rings is 2. The third-order valence-electron chi connectivity index (χ3n) is 9.75. The van der Waals surface area contributed by atoms with Crippen molar-refractivity contribution < 1.29 is 14.4 Å². The highest BCUT2D eigenvalue weighted by atomic mass is 16.2. The van der Waals surface area contributed by atoms with Crippen LogP contribution >= 0.6 is 0 Å². The van der Waals surface area contributed by atoms with Crippen LogP contribution in [0.1, 0.15) is 57.5 Å². The normalized spacial score (nSPS) is 24.3. The molecule has 4 heterocycles. The fourth-order valence-corrected chi connectivity index (χ4v) is 7.46. The lowest BCUT2D eigenvalue weighted by Crippen LogP contribution is -2.38. The zero-order valence-electron chi connectivity index (χ0n) is 25.3. The van der Waals surface area contributed by atoms with Crippen molar-refractivity contribution in [3.63, 3.8) is 0 Å². The Morgan fingerprint density at radius 1 is 0.930 bits per heavy atom. The molecule has 5 atom stereocenters. The van der Waals surface area contributed by atoms with E-state index < -0.39 is 5.92 Å². The van der Waals surface area contributed by atoms with E-state index in [-0.39, 0.29) is 36.2 Å². The van der Waals surface area contributed by atoms with Crippen LogP contribution < -0.4 is 5.32 Å². The maximum atomic E-state index is 13.8. The Hall–Kier alpha value is -4.04. The number of rotatable bonds is 8. The highest BCUT2D eigenvalue weighted by Gasteiger charge is 2.44. The summed E-state index contributed by atoms with van der Waals surface area (Å²) >= 11 is 0. The monoisotopic (exact) mass is 579 g/mol. The molecule has 1 aromatic heterocycles. The molecule has 1 N–H and O–H groups in total. The van der Waals surface area contributed by atoms with Gasteiger partial charge in [-0.05, 0) is 60.4 Å². The molecule has 3 aliphatic rings. The molecule has 2 unspecified atom stereocenters. The number of aryl methyl sites for hydroxylation is 2. The number of likely N-dealkylation sites (tertiary alicyclic amines) is 3. The van der Waals surface area contributed by atoms with Crippen LogP contribution in [0.2, 0.25) is 0 Å². The van der Waals surface area contributed by atoms with Gasteiger partial charge in [0.15, 0.2) is 0 Å². The number of nitrogens with zero attached hydrogens (tertiary/aromatic N) is 4. The van der Waals surface area contributed by atoms with Gasteiger partial charge in [0.05, 0.1) is 18.0 Å². The van der Waals surface area contributed by atoms with E-state index >= 15 is 0 Å². The quantitative estimate of drug-likeness (QED) is 0.433. The third-order valence-corrected chi connectivity index (χ3v) is 9.75. The second kappa shape index (κ2) is 12.3. The lowest BCUT2D eigenvalue weighted by Gasteiger charge is -2.28. The Bertz CT molecular complexity index is 1450. The maximum absolute atomic E-state index is 13.8. The van der Waals surface area contributed by atoms with Crippen molar-refractivity contribution in [1.82, 2.24) is 25.0 Å². The number of hydrogen-bond acceptors (Lipinski definition) is 5. The van der Waals surface area contributed by atoms with Crippen molar-refractivity contribution >= 4 is 17.7 Å². The van der Waals surface area contributed by atoms with Gasteiger partial charge in [0.2, 0.25) is 11.8 Å². The van der Waals surface area contributed by atoms with E-state index in [1.807, 2.05) is 67.3 Å². The van der Waals surface area contributed by atoms with E-state index in [0.717, 1.165) is 67.0 Å². The highest BCUT2D eigenvalue weighted by Crippen LogP contribution is 2.38. The van der Waals surface area contributed by atoms with Gasteiger partial charge in [0, 0.05) is 64.1 Å². The molecule has 2 aromatic carbocycles. The number of nitrogens with one attached hydrogen (secondary N) is 1. The minimum absolute atomic E-state index is 0.0287. The lowest BCUT2D eigenvalue weighted by atomic mass is 9.93. The van der Waals surface area contributed by atoms with Crippen LogP contribution in [0.4, 0.5) is 0 Å². The van der Waals surface area contributed by atoms with Gasteiger partial charge in [-0.3, -0.25) is 19.4 Å². The summed E-state index contributed by atoms with van der Waals surface area (Å²) in [7, 11) is 1.77. The van der Waals surface area contributed by atoms with E-state index in [4.69, 9.17) is 0 Å². The van der Waals surface area contributed by atoms with Crippen LogP contribution in [-0.4, -0.2) is 77.2 Å². The first-order valence-corrected chi connectivity index (χ1v) is 15.4. The fraction of sp³-hybridized carbons (Fsp3) is 0.429. The summed E-state index contributed by atoms with van der Waals surface area (Å²) in [4.78, 5) is 50.3. The molecule has 43 heavy (non-hydrogen) atoms. The Kier molecular flexibility index (Phi) is 8.30. The first-order valence-electron chi connectivity index (χ1n) is 15.4. The van der Waals surface area contributed by atoms with E-state index in [1.165, 1.54) is 0 Å². The minimum atomic E-state index is -0.473. The first kappa shape index (κ1) is 29.1. The van der Waals surface area contributed by atoms with Crippen LogP contribution in [0.5, 0.6) is 0 Å². The first-order chi connectivity index (χ1) is 20.8. The smallest absolute Gasteiger partial charge is 0.254 e. The van der Waals surface area contributed by atoms with Crippen molar-refractivity contribution in [2.75, 3.05) is 39.8 Å². The van der Waals surface area contributed by atoms with Crippen LogP contribution in [0, 0.1) is 31.6 Å². The van der Waals surface area contributed by atoms with Crippen LogP contribution in [0.3, 0.4) is 0 Å². The van der Waals surface area contributed by atoms with Crippen LogP contribution in [0.25, 0.3) is 0 Å². The summed E-state index contributed by atoms with van der Waals surface area (Å²) in [6, 6.07) is 19.4. The van der Waals surface area contributed by atoms with Crippen molar-refractivity contribution in [3.8, 4) is 0 Å². The summed E-state index contributed by atoms with van der Waals surface area (Å²) in [5, 5.41) is 3.32. The summed E-state index contributed by atoms with van der Waals surface area (Å²) in [6.07, 6.45) is 4.41. The Labute approximate surface area is 254 Å². The molecule has 8 heteroatoms. The number of carbonyl (C=O) groups is 3. The molecule has 0 radical (unpaired) electrons. The van der Waals surface area contributed by atoms with Gasteiger partial charge in [-0.2, -0.15) is 0 Å². The van der Waals surface area contributed by atoms with Gasteiger partial charge in [0.1, 0.15) is 0 Å². The SMILES string of the molecule is Cc1cccc(C)c1C(=O)N1CC2CN(CC[C@H](NC(=O)[C@H]3CC(=O)N(C)[C@@H]3c3cccnc3)c3ccccc3)CC2C1. The van der Waals surface area contributed by atoms with E-state index in [9.17, 15) is 14.4 Å². The predicted octanol–water partition coefficient (Wildman–Crippen LogP) is 4.17. The zero-order chi connectivity index (χ0) is 30.1. The Morgan fingerprint density at radius 3 is 2.28 bits per heavy atom. The maximum Gasteiger partial charge on any atom is 0.254 e. The molecule has 224 valence electrons. The van der Waals surface area contributed by atoms with Gasteiger partial charge >= 0.3 is 0 Å². The molecule has 0 bridgehead atoms. The van der Waals surface area contributed by atoms with Gasteiger partial charge in [-0.15, -0.1) is 0 Å². The van der Waals surface area contributed by atoms with E-state index in [1.54, 1.807) is 24.3 Å². The molecule has 0 aliphatic carbocycles. The number of carbonyl (C=O) groups excluding carboxylic acids is 3. The average Bonchev–Trinajstić information content (AvgIpc) is 3.67. The highest BCUT2D eigenvalue weighted by molar-refractivity contribution is 5.97. The van der Waals surface area contributed by atoms with Crippen molar-refractivity contribution in [3.05, 3.63) is 101 Å². The number of pyridine rings is 1. The molecule has 8 nitrogen and oxygen atoms in total. The molecular formula is C35H41N5O3. The molecule has 3 saturated heterocycles. The van der Waals surface area contributed by atoms with Crippen molar-refractivity contribution in [1.29, 1.82) is 0 Å². The van der Waals surface area contributed by atoms with Gasteiger partial charge in [0.25, 0.3) is 5.91 Å².